The van der Waals surface area contributed by atoms with Crippen LogP contribution in [0.2, 0.25) is 0 Å². The van der Waals surface area contributed by atoms with E-state index in [-0.39, 0.29) is 24.3 Å². The van der Waals surface area contributed by atoms with Crippen LogP contribution in [0.5, 0.6) is 0 Å². The quantitative estimate of drug-likeness (QED) is 0.726. The molecule has 0 bridgehead atoms. The molecule has 3 aromatic rings. The first-order valence-corrected chi connectivity index (χ1v) is 9.95. The maximum Gasteiger partial charge on any atom is 0.253 e. The monoisotopic (exact) mass is 390 g/mol. The lowest BCUT2D eigenvalue weighted by atomic mass is 10.1. The normalized spacial score (nSPS) is 21.0. The lowest BCUT2D eigenvalue weighted by Gasteiger charge is -2.19. The van der Waals surface area contributed by atoms with E-state index in [1.807, 2.05) is 59.2 Å². The molecule has 2 amide bonds. The molecule has 0 aliphatic carbocycles. The second-order valence-corrected chi connectivity index (χ2v) is 7.49. The topological polar surface area (TPSA) is 76.5 Å². The highest BCUT2D eigenvalue weighted by atomic mass is 16.5. The highest BCUT2D eigenvalue weighted by Crippen LogP contribution is 2.37. The second-order valence-electron chi connectivity index (χ2n) is 7.49. The van der Waals surface area contributed by atoms with Gasteiger partial charge in [0.2, 0.25) is 11.9 Å². The molecule has 0 unspecified atom stereocenters. The highest BCUT2D eigenvalue weighted by Gasteiger charge is 2.42. The summed E-state index contributed by atoms with van der Waals surface area (Å²) >= 11 is 0. The number of para-hydroxylation sites is 3. The minimum atomic E-state index is -0.609. The van der Waals surface area contributed by atoms with Crippen molar-refractivity contribution in [2.24, 2.45) is 0 Å². The molecular formula is C22H22N4O3. The van der Waals surface area contributed by atoms with E-state index in [1.165, 1.54) is 0 Å². The van der Waals surface area contributed by atoms with Crippen molar-refractivity contribution in [1.29, 1.82) is 0 Å². The second kappa shape index (κ2) is 7.33. The Balaban J connectivity index is 1.45. The number of hydrogen-bond acceptors (Lipinski definition) is 4. The Morgan fingerprint density at radius 2 is 1.93 bits per heavy atom. The molecule has 0 radical (unpaired) electrons. The van der Waals surface area contributed by atoms with Crippen LogP contribution in [0.3, 0.4) is 0 Å². The molecule has 0 spiro atoms. The number of aromatic nitrogens is 2. The zero-order valence-electron chi connectivity index (χ0n) is 16.0. The number of amides is 2. The number of carbonyl (C=O) groups excluding carboxylic acids is 2. The van der Waals surface area contributed by atoms with E-state index in [2.05, 4.69) is 10.3 Å². The summed E-state index contributed by atoms with van der Waals surface area (Å²) in [5.74, 6) is 0.304. The van der Waals surface area contributed by atoms with Gasteiger partial charge in [0.15, 0.2) is 0 Å². The van der Waals surface area contributed by atoms with Gasteiger partial charge in [0.05, 0.1) is 30.1 Å². The molecule has 3 heterocycles. The Morgan fingerprint density at radius 1 is 1.14 bits per heavy atom. The largest absolute Gasteiger partial charge is 0.376 e. The first-order chi connectivity index (χ1) is 14.2. The third-order valence-corrected chi connectivity index (χ3v) is 5.53. The van der Waals surface area contributed by atoms with Crippen LogP contribution >= 0.6 is 0 Å². The Morgan fingerprint density at radius 3 is 2.72 bits per heavy atom. The summed E-state index contributed by atoms with van der Waals surface area (Å²) in [5.41, 5.74) is 2.40. The van der Waals surface area contributed by atoms with Crippen LogP contribution in [0.25, 0.3) is 11.0 Å². The van der Waals surface area contributed by atoms with Crippen molar-refractivity contribution < 1.29 is 14.3 Å². The summed E-state index contributed by atoms with van der Waals surface area (Å²) in [7, 11) is 0. The van der Waals surface area contributed by atoms with Crippen molar-refractivity contribution in [3.05, 3.63) is 54.6 Å². The molecule has 7 nitrogen and oxygen atoms in total. The summed E-state index contributed by atoms with van der Waals surface area (Å²) in [4.78, 5) is 32.3. The van der Waals surface area contributed by atoms with E-state index in [4.69, 9.17) is 4.74 Å². The van der Waals surface area contributed by atoms with E-state index < -0.39 is 6.04 Å². The third-order valence-electron chi connectivity index (χ3n) is 5.53. The molecule has 1 fully saturated rings. The van der Waals surface area contributed by atoms with Gasteiger partial charge in [0.1, 0.15) is 6.04 Å². The molecule has 1 saturated heterocycles. The van der Waals surface area contributed by atoms with Crippen molar-refractivity contribution in [2.45, 2.75) is 31.4 Å². The van der Waals surface area contributed by atoms with Gasteiger partial charge < -0.3 is 10.1 Å². The van der Waals surface area contributed by atoms with Crippen molar-refractivity contribution in [3.8, 4) is 0 Å². The van der Waals surface area contributed by atoms with E-state index in [9.17, 15) is 9.59 Å². The van der Waals surface area contributed by atoms with Gasteiger partial charge in [0.25, 0.3) is 5.91 Å². The number of anilines is 2. The summed E-state index contributed by atoms with van der Waals surface area (Å²) in [6, 6.07) is 16.4. The van der Waals surface area contributed by atoms with Crippen molar-refractivity contribution in [2.75, 3.05) is 23.4 Å². The third kappa shape index (κ3) is 3.27. The standard InChI is InChI=1S/C22H22N4O3/c27-20(23-15-7-2-1-3-8-15)13-19-21(28)25(14-16-9-6-12-29-16)22-24-17-10-4-5-11-18(17)26(19)22/h1-5,7-8,10-11,16,19H,6,9,12-14H2,(H,23,27)/t16-,19+/m0/s1. The predicted molar refractivity (Wildman–Crippen MR) is 110 cm³/mol. The van der Waals surface area contributed by atoms with Crippen LogP contribution in [0, 0.1) is 0 Å². The van der Waals surface area contributed by atoms with Gasteiger partial charge in [-0.1, -0.05) is 30.3 Å². The van der Waals surface area contributed by atoms with Crippen molar-refractivity contribution >= 4 is 34.5 Å². The SMILES string of the molecule is O=C(C[C@@H]1C(=O)N(C[C@@H]2CCCO2)c2nc3ccccc3n21)Nc1ccccc1. The van der Waals surface area contributed by atoms with Crippen LogP contribution in [-0.4, -0.2) is 40.6 Å². The van der Waals surface area contributed by atoms with Gasteiger partial charge in [-0.25, -0.2) is 4.98 Å². The van der Waals surface area contributed by atoms with Crippen LogP contribution in [-0.2, 0) is 14.3 Å². The number of nitrogens with zero attached hydrogens (tertiary/aromatic N) is 3. The molecule has 5 rings (SSSR count). The Bertz CT molecular complexity index is 1060. The number of rotatable bonds is 5. The molecule has 1 aromatic heterocycles. The van der Waals surface area contributed by atoms with E-state index in [0.717, 1.165) is 36.2 Å². The Hall–Kier alpha value is -3.19. The maximum atomic E-state index is 13.3. The predicted octanol–water partition coefficient (Wildman–Crippen LogP) is 3.13. The zero-order chi connectivity index (χ0) is 19.8. The molecule has 1 N–H and O–H groups in total. The fourth-order valence-electron chi connectivity index (χ4n) is 4.17. The first-order valence-electron chi connectivity index (χ1n) is 9.95. The average molecular weight is 390 g/mol. The molecule has 2 aliphatic heterocycles. The van der Waals surface area contributed by atoms with Gasteiger partial charge in [-0.2, -0.15) is 0 Å². The number of benzene rings is 2. The van der Waals surface area contributed by atoms with Crippen LogP contribution in [0.15, 0.2) is 54.6 Å². The molecule has 0 saturated carbocycles. The van der Waals surface area contributed by atoms with Gasteiger partial charge >= 0.3 is 0 Å². The van der Waals surface area contributed by atoms with Gasteiger partial charge in [0, 0.05) is 12.3 Å². The number of fused-ring (bicyclic) bond motifs is 3. The van der Waals surface area contributed by atoms with Crippen molar-refractivity contribution in [3.63, 3.8) is 0 Å². The number of imidazole rings is 1. The number of carbonyl (C=O) groups is 2. The van der Waals surface area contributed by atoms with Gasteiger partial charge in [-0.15, -0.1) is 0 Å². The zero-order valence-corrected chi connectivity index (χ0v) is 16.0. The Labute approximate surface area is 168 Å². The maximum absolute atomic E-state index is 13.3. The lowest BCUT2D eigenvalue weighted by molar-refractivity contribution is -0.124. The van der Waals surface area contributed by atoms with Crippen LogP contribution in [0.4, 0.5) is 11.6 Å². The fourth-order valence-corrected chi connectivity index (χ4v) is 4.17. The number of nitrogens with one attached hydrogen (secondary N) is 1. The summed E-state index contributed by atoms with van der Waals surface area (Å²) in [6.45, 7) is 1.20. The summed E-state index contributed by atoms with van der Waals surface area (Å²) < 4.78 is 7.64. The van der Waals surface area contributed by atoms with Crippen molar-refractivity contribution in [1.82, 2.24) is 9.55 Å². The average Bonchev–Trinajstić information content (AvgIpc) is 3.43. The minimum Gasteiger partial charge on any atom is -0.376 e. The summed E-state index contributed by atoms with van der Waals surface area (Å²) in [6.07, 6.45) is 2.02. The van der Waals surface area contributed by atoms with E-state index in [1.54, 1.807) is 4.90 Å². The van der Waals surface area contributed by atoms with Gasteiger partial charge in [-0.05, 0) is 37.1 Å². The molecule has 148 valence electrons. The Kier molecular flexibility index (Phi) is 4.52. The van der Waals surface area contributed by atoms with Gasteiger partial charge in [-0.3, -0.25) is 19.1 Å². The smallest absolute Gasteiger partial charge is 0.253 e. The molecular weight excluding hydrogens is 368 g/mol. The molecule has 2 atom stereocenters. The minimum absolute atomic E-state index is 0.0177. The molecule has 29 heavy (non-hydrogen) atoms. The molecule has 2 aromatic carbocycles. The molecule has 7 heteroatoms. The lowest BCUT2D eigenvalue weighted by Crippen LogP contribution is -2.37. The van der Waals surface area contributed by atoms with Crippen LogP contribution in [0.1, 0.15) is 25.3 Å². The molecule has 2 aliphatic rings. The van der Waals surface area contributed by atoms with E-state index in [0.29, 0.717) is 12.5 Å². The number of hydrogen-bond donors (Lipinski definition) is 1. The highest BCUT2D eigenvalue weighted by molar-refractivity contribution is 6.05. The summed E-state index contributed by atoms with van der Waals surface area (Å²) in [5, 5.41) is 2.88. The van der Waals surface area contributed by atoms with Crippen LogP contribution < -0.4 is 10.2 Å². The first kappa shape index (κ1) is 17.9. The van der Waals surface area contributed by atoms with E-state index >= 15 is 0 Å². The fraction of sp³-hybridized carbons (Fsp3) is 0.318. The number of ether oxygens (including phenoxy) is 1.